The Morgan fingerprint density at radius 2 is 1.77 bits per heavy atom. The number of aliphatic hydroxyl groups excluding tert-OH is 1. The van der Waals surface area contributed by atoms with Crippen molar-refractivity contribution >= 4 is 16.4 Å². The minimum atomic E-state index is -1.97. The molecule has 0 heterocycles. The number of hydrogen-bond donors (Lipinski definition) is 1. The molecular weight excluding hydrogens is 352 g/mol. The first-order chi connectivity index (χ1) is 11.8. The summed E-state index contributed by atoms with van der Waals surface area (Å²) >= 11 is 0. The van der Waals surface area contributed by atoms with Crippen LogP contribution in [0, 0.1) is 23.3 Å². The van der Waals surface area contributed by atoms with Gasteiger partial charge in [0.25, 0.3) is 0 Å². The molecule has 0 aliphatic heterocycles. The maximum atomic E-state index is 9.61. The maximum absolute atomic E-state index is 9.61. The van der Waals surface area contributed by atoms with Crippen molar-refractivity contribution < 1.29 is 9.53 Å². The van der Waals surface area contributed by atoms with Crippen molar-refractivity contribution in [3.05, 3.63) is 23.8 Å². The van der Waals surface area contributed by atoms with Crippen LogP contribution in [0.4, 0.5) is 0 Å². The van der Waals surface area contributed by atoms with Gasteiger partial charge in [0.05, 0.1) is 6.61 Å². The highest BCUT2D eigenvalue weighted by Gasteiger charge is 2.45. The van der Waals surface area contributed by atoms with Crippen LogP contribution in [0.2, 0.25) is 37.8 Å². The molecule has 4 heteroatoms. The molecule has 0 bridgehead atoms. The Morgan fingerprint density at radius 1 is 1.15 bits per heavy atom. The quantitative estimate of drug-likeness (QED) is 0.404. The third kappa shape index (κ3) is 7.29. The van der Waals surface area contributed by atoms with Gasteiger partial charge in [-0.15, -0.1) is 5.54 Å². The van der Waals surface area contributed by atoms with E-state index in [0.29, 0.717) is 6.42 Å². The molecule has 1 aliphatic carbocycles. The second kappa shape index (κ2) is 8.76. The molecule has 26 heavy (non-hydrogen) atoms. The molecule has 0 aromatic heterocycles. The highest BCUT2D eigenvalue weighted by Crippen LogP contribution is 2.42. The molecule has 0 fully saturated rings. The van der Waals surface area contributed by atoms with E-state index in [9.17, 15) is 5.11 Å². The van der Waals surface area contributed by atoms with Gasteiger partial charge in [-0.2, -0.15) is 0 Å². The van der Waals surface area contributed by atoms with Gasteiger partial charge in [0.1, 0.15) is 13.7 Å². The molecule has 0 aromatic rings. The predicted molar refractivity (Wildman–Crippen MR) is 118 cm³/mol. The van der Waals surface area contributed by atoms with Crippen molar-refractivity contribution in [1.29, 1.82) is 0 Å². The minimum Gasteiger partial charge on any atom is -0.400 e. The van der Waals surface area contributed by atoms with Crippen LogP contribution < -0.4 is 0 Å². The number of allylic oxidation sites excluding steroid dienone is 3. The Kier molecular flexibility index (Phi) is 7.75. The van der Waals surface area contributed by atoms with Gasteiger partial charge in [-0.3, -0.25) is 0 Å². The van der Waals surface area contributed by atoms with Crippen molar-refractivity contribution in [3.63, 3.8) is 0 Å². The lowest BCUT2D eigenvalue weighted by atomic mass is 9.85. The fourth-order valence-electron chi connectivity index (χ4n) is 2.53. The third-order valence-corrected chi connectivity index (χ3v) is 10.4. The fraction of sp³-hybridized carbons (Fsp3) is 0.636. The summed E-state index contributed by atoms with van der Waals surface area (Å²) < 4.78 is 6.77. The molecule has 1 N–H and O–H groups in total. The minimum absolute atomic E-state index is 0.0851. The molecule has 1 atom stereocenters. The zero-order chi connectivity index (χ0) is 20.1. The lowest BCUT2D eigenvalue weighted by molar-refractivity contribution is 0.0943. The standard InChI is InChI=1S/C22H36O2Si2/c1-21(2,3)26(7,8)24-22(16-13-14-20(18-22)19-23)15-11-9-10-12-17-25(4,5)6/h9-10,14,23H,13,16,18-19H2,1-8H3/b10-9-. The van der Waals surface area contributed by atoms with Gasteiger partial charge in [0.2, 0.25) is 0 Å². The van der Waals surface area contributed by atoms with Crippen LogP contribution in [-0.4, -0.2) is 33.7 Å². The van der Waals surface area contributed by atoms with Gasteiger partial charge in [0, 0.05) is 6.42 Å². The molecule has 1 unspecified atom stereocenters. The van der Waals surface area contributed by atoms with Crippen molar-refractivity contribution in [1.82, 2.24) is 0 Å². The summed E-state index contributed by atoms with van der Waals surface area (Å²) in [6.07, 6.45) is 8.28. The predicted octanol–water partition coefficient (Wildman–Crippen LogP) is 5.29. The Morgan fingerprint density at radius 3 is 2.31 bits per heavy atom. The van der Waals surface area contributed by atoms with Crippen LogP contribution in [0.1, 0.15) is 40.0 Å². The largest absolute Gasteiger partial charge is 0.400 e. The van der Waals surface area contributed by atoms with Crippen LogP contribution in [0.25, 0.3) is 0 Å². The Labute approximate surface area is 163 Å². The molecule has 0 radical (unpaired) electrons. The normalized spacial score (nSPS) is 21.5. The first-order valence-electron chi connectivity index (χ1n) is 9.50. The van der Waals surface area contributed by atoms with Crippen LogP contribution in [0.15, 0.2) is 23.8 Å². The Bertz CT molecular complexity index is 667. The summed E-state index contributed by atoms with van der Waals surface area (Å²) in [7, 11) is -3.31. The second-order valence-electron chi connectivity index (χ2n) is 9.71. The van der Waals surface area contributed by atoms with Crippen LogP contribution in [0.3, 0.4) is 0 Å². The highest BCUT2D eigenvalue weighted by molar-refractivity contribution is 6.83. The molecule has 0 saturated heterocycles. The molecular formula is C22H36O2Si2. The summed E-state index contributed by atoms with van der Waals surface area (Å²) in [5.41, 5.74) is 3.85. The van der Waals surface area contributed by atoms with E-state index in [2.05, 4.69) is 82.9 Å². The zero-order valence-electron chi connectivity index (χ0n) is 17.9. The van der Waals surface area contributed by atoms with E-state index in [-0.39, 0.29) is 11.6 Å². The van der Waals surface area contributed by atoms with Crippen molar-refractivity contribution in [3.8, 4) is 23.3 Å². The van der Waals surface area contributed by atoms with E-state index in [4.69, 9.17) is 4.43 Å². The summed E-state index contributed by atoms with van der Waals surface area (Å²) in [6, 6.07) is 0. The van der Waals surface area contributed by atoms with Gasteiger partial charge in [-0.25, -0.2) is 0 Å². The van der Waals surface area contributed by atoms with Gasteiger partial charge in [0.15, 0.2) is 8.32 Å². The maximum Gasteiger partial charge on any atom is 0.194 e. The van der Waals surface area contributed by atoms with E-state index in [1.165, 1.54) is 0 Å². The lowest BCUT2D eigenvalue weighted by Gasteiger charge is -2.45. The summed E-state index contributed by atoms with van der Waals surface area (Å²) in [5, 5.41) is 9.74. The van der Waals surface area contributed by atoms with E-state index in [1.54, 1.807) is 0 Å². The van der Waals surface area contributed by atoms with Gasteiger partial charge >= 0.3 is 0 Å². The Hall–Kier alpha value is -1.05. The third-order valence-electron chi connectivity index (χ3n) is 4.95. The highest BCUT2D eigenvalue weighted by atomic mass is 28.4. The van der Waals surface area contributed by atoms with E-state index in [1.807, 2.05) is 12.2 Å². The summed E-state index contributed by atoms with van der Waals surface area (Å²) in [4.78, 5) is 0. The number of rotatable bonds is 3. The van der Waals surface area contributed by atoms with Crippen molar-refractivity contribution in [2.45, 2.75) is 83.4 Å². The lowest BCUT2D eigenvalue weighted by Crippen LogP contribution is -2.50. The van der Waals surface area contributed by atoms with Crippen LogP contribution >= 0.6 is 0 Å². The summed E-state index contributed by atoms with van der Waals surface area (Å²) in [6.45, 7) is 18.0. The van der Waals surface area contributed by atoms with Crippen LogP contribution in [0.5, 0.6) is 0 Å². The number of aliphatic hydroxyl groups is 1. The van der Waals surface area contributed by atoms with Gasteiger partial charge in [-0.1, -0.05) is 64.2 Å². The molecule has 0 amide bonds. The number of hydrogen-bond acceptors (Lipinski definition) is 2. The van der Waals surface area contributed by atoms with Crippen LogP contribution in [-0.2, 0) is 4.43 Å². The average Bonchev–Trinajstić information content (AvgIpc) is 2.48. The van der Waals surface area contributed by atoms with E-state index in [0.717, 1.165) is 18.4 Å². The first-order valence-corrected chi connectivity index (χ1v) is 15.9. The molecule has 0 saturated carbocycles. The van der Waals surface area contributed by atoms with Gasteiger partial charge < -0.3 is 9.53 Å². The fourth-order valence-corrected chi connectivity index (χ4v) is 4.56. The van der Waals surface area contributed by atoms with Crippen molar-refractivity contribution in [2.75, 3.05) is 6.61 Å². The second-order valence-corrected chi connectivity index (χ2v) is 19.2. The molecule has 2 nitrogen and oxygen atoms in total. The molecule has 144 valence electrons. The van der Waals surface area contributed by atoms with E-state index >= 15 is 0 Å². The molecule has 1 aliphatic rings. The summed E-state index contributed by atoms with van der Waals surface area (Å²) in [5.74, 6) is 9.68. The molecule has 0 aromatic carbocycles. The topological polar surface area (TPSA) is 29.5 Å². The monoisotopic (exact) mass is 388 g/mol. The molecule has 0 spiro atoms. The van der Waals surface area contributed by atoms with Crippen molar-refractivity contribution in [2.24, 2.45) is 0 Å². The average molecular weight is 389 g/mol. The SMILES string of the molecule is CC(C)(C)[Si](C)(C)OC1(C#C/C=C\C#C[Si](C)(C)C)CCC=C(CO)C1. The Balaban J connectivity index is 3.08. The van der Waals surface area contributed by atoms with E-state index < -0.39 is 22.0 Å². The molecule has 1 rings (SSSR count). The smallest absolute Gasteiger partial charge is 0.194 e. The van der Waals surface area contributed by atoms with Gasteiger partial charge in [-0.05, 0) is 48.7 Å². The zero-order valence-corrected chi connectivity index (χ0v) is 19.9. The first kappa shape index (κ1) is 23.0.